The summed E-state index contributed by atoms with van der Waals surface area (Å²) >= 11 is 0. The van der Waals surface area contributed by atoms with E-state index in [0.717, 1.165) is 6.07 Å². The fourth-order valence-electron chi connectivity index (χ4n) is 1.42. The standard InChI is InChI=1S/C12H15FN2O4/c1-3-10(12(17)18)19-11-4-7(13)8(14)5-9(11)15-6(2)16/h4-5,10H,3,14H2,1-2H3,(H,15,16)(H,17,18). The smallest absolute Gasteiger partial charge is 0.344 e. The molecule has 0 radical (unpaired) electrons. The van der Waals surface area contributed by atoms with E-state index < -0.39 is 23.8 Å². The van der Waals surface area contributed by atoms with Crippen LogP contribution >= 0.6 is 0 Å². The zero-order valence-corrected chi connectivity index (χ0v) is 10.6. The van der Waals surface area contributed by atoms with Gasteiger partial charge < -0.3 is 20.9 Å². The lowest BCUT2D eigenvalue weighted by atomic mass is 10.2. The Morgan fingerprint density at radius 3 is 2.63 bits per heavy atom. The van der Waals surface area contributed by atoms with E-state index in [4.69, 9.17) is 15.6 Å². The van der Waals surface area contributed by atoms with Gasteiger partial charge in [-0.05, 0) is 12.5 Å². The maximum atomic E-state index is 13.4. The van der Waals surface area contributed by atoms with Gasteiger partial charge >= 0.3 is 5.97 Å². The summed E-state index contributed by atoms with van der Waals surface area (Å²) in [6.07, 6.45) is -0.934. The van der Waals surface area contributed by atoms with Crippen molar-refractivity contribution >= 4 is 23.3 Å². The zero-order chi connectivity index (χ0) is 14.6. The van der Waals surface area contributed by atoms with Crippen LogP contribution in [0.5, 0.6) is 5.75 Å². The monoisotopic (exact) mass is 270 g/mol. The number of amides is 1. The highest BCUT2D eigenvalue weighted by Gasteiger charge is 2.20. The Hall–Kier alpha value is -2.31. The predicted octanol–water partition coefficient (Wildman–Crippen LogP) is 1.61. The van der Waals surface area contributed by atoms with E-state index in [1.807, 2.05) is 0 Å². The highest BCUT2D eigenvalue weighted by atomic mass is 19.1. The third-order valence-corrected chi connectivity index (χ3v) is 2.33. The van der Waals surface area contributed by atoms with Crippen molar-refractivity contribution in [2.75, 3.05) is 11.1 Å². The Morgan fingerprint density at radius 1 is 1.53 bits per heavy atom. The normalized spacial score (nSPS) is 11.7. The minimum Gasteiger partial charge on any atom is -0.479 e. The van der Waals surface area contributed by atoms with Crippen molar-refractivity contribution in [3.05, 3.63) is 17.9 Å². The molecule has 7 heteroatoms. The van der Waals surface area contributed by atoms with Gasteiger partial charge in [-0.15, -0.1) is 0 Å². The first-order valence-corrected chi connectivity index (χ1v) is 5.61. The molecule has 1 unspecified atom stereocenters. The summed E-state index contributed by atoms with van der Waals surface area (Å²) in [7, 11) is 0. The molecule has 1 amide bonds. The Morgan fingerprint density at radius 2 is 2.16 bits per heavy atom. The van der Waals surface area contributed by atoms with Gasteiger partial charge in [-0.3, -0.25) is 4.79 Å². The average molecular weight is 270 g/mol. The van der Waals surface area contributed by atoms with Crippen LogP contribution in [0.3, 0.4) is 0 Å². The number of ether oxygens (including phenoxy) is 1. The van der Waals surface area contributed by atoms with Crippen molar-refractivity contribution < 1.29 is 23.8 Å². The highest BCUT2D eigenvalue weighted by Crippen LogP contribution is 2.30. The van der Waals surface area contributed by atoms with Gasteiger partial charge in [0.2, 0.25) is 5.91 Å². The quantitative estimate of drug-likeness (QED) is 0.705. The minimum atomic E-state index is -1.17. The average Bonchev–Trinajstić information content (AvgIpc) is 2.30. The molecule has 0 heterocycles. The molecule has 1 aromatic rings. The summed E-state index contributed by atoms with van der Waals surface area (Å²) in [5.41, 5.74) is 5.35. The van der Waals surface area contributed by atoms with Gasteiger partial charge in [-0.1, -0.05) is 6.92 Å². The van der Waals surface area contributed by atoms with Gasteiger partial charge in [0.1, 0.15) is 11.6 Å². The number of halogens is 1. The molecule has 0 bridgehead atoms. The van der Waals surface area contributed by atoms with E-state index in [2.05, 4.69) is 5.32 Å². The van der Waals surface area contributed by atoms with E-state index in [1.54, 1.807) is 6.92 Å². The van der Waals surface area contributed by atoms with Crippen LogP contribution in [0.2, 0.25) is 0 Å². The van der Waals surface area contributed by atoms with Gasteiger partial charge in [-0.25, -0.2) is 9.18 Å². The number of rotatable bonds is 5. The van der Waals surface area contributed by atoms with Crippen LogP contribution in [-0.4, -0.2) is 23.1 Å². The molecule has 19 heavy (non-hydrogen) atoms. The fourth-order valence-corrected chi connectivity index (χ4v) is 1.42. The van der Waals surface area contributed by atoms with Crippen LogP contribution in [0.1, 0.15) is 20.3 Å². The van der Waals surface area contributed by atoms with Gasteiger partial charge in [0.05, 0.1) is 11.4 Å². The second kappa shape index (κ2) is 6.03. The topological polar surface area (TPSA) is 102 Å². The number of hydrogen-bond donors (Lipinski definition) is 3. The van der Waals surface area contributed by atoms with Gasteiger partial charge in [0.15, 0.2) is 6.10 Å². The second-order valence-corrected chi connectivity index (χ2v) is 3.90. The molecule has 6 nitrogen and oxygen atoms in total. The maximum Gasteiger partial charge on any atom is 0.344 e. The summed E-state index contributed by atoms with van der Waals surface area (Å²) in [6.45, 7) is 2.88. The molecule has 1 rings (SSSR count). The molecular formula is C12H15FN2O4. The largest absolute Gasteiger partial charge is 0.479 e. The molecule has 0 aromatic heterocycles. The number of carbonyl (C=O) groups is 2. The Kier molecular flexibility index (Phi) is 4.68. The number of carboxylic acid groups (broad SMARTS) is 1. The molecule has 0 aliphatic heterocycles. The maximum absolute atomic E-state index is 13.4. The van der Waals surface area contributed by atoms with E-state index in [-0.39, 0.29) is 23.5 Å². The summed E-state index contributed by atoms with van der Waals surface area (Å²) in [5.74, 6) is -2.40. The zero-order valence-electron chi connectivity index (χ0n) is 10.6. The highest BCUT2D eigenvalue weighted by molar-refractivity contribution is 5.91. The van der Waals surface area contributed by atoms with Crippen molar-refractivity contribution in [1.29, 1.82) is 0 Å². The third-order valence-electron chi connectivity index (χ3n) is 2.33. The van der Waals surface area contributed by atoms with Gasteiger partial charge in [0.25, 0.3) is 0 Å². The Labute approximate surface area is 109 Å². The summed E-state index contributed by atoms with van der Waals surface area (Å²) in [6, 6.07) is 2.13. The van der Waals surface area contributed by atoms with Crippen molar-refractivity contribution in [2.24, 2.45) is 0 Å². The van der Waals surface area contributed by atoms with Gasteiger partial charge in [-0.2, -0.15) is 0 Å². The second-order valence-electron chi connectivity index (χ2n) is 3.90. The van der Waals surface area contributed by atoms with Crippen molar-refractivity contribution in [3.63, 3.8) is 0 Å². The Balaban J connectivity index is 3.12. The number of carboxylic acids is 1. The van der Waals surface area contributed by atoms with Crippen molar-refractivity contribution in [1.82, 2.24) is 0 Å². The van der Waals surface area contributed by atoms with Crippen LogP contribution in [-0.2, 0) is 9.59 Å². The molecule has 0 aliphatic carbocycles. The number of nitrogen functional groups attached to an aromatic ring is 1. The molecule has 4 N–H and O–H groups in total. The SMILES string of the molecule is CCC(Oc1cc(F)c(N)cc1NC(C)=O)C(=O)O. The predicted molar refractivity (Wildman–Crippen MR) is 67.5 cm³/mol. The van der Waals surface area contributed by atoms with E-state index >= 15 is 0 Å². The van der Waals surface area contributed by atoms with E-state index in [9.17, 15) is 14.0 Å². The van der Waals surface area contributed by atoms with Crippen LogP contribution in [0.25, 0.3) is 0 Å². The van der Waals surface area contributed by atoms with Crippen molar-refractivity contribution in [3.8, 4) is 5.75 Å². The molecule has 0 fully saturated rings. The molecule has 1 atom stereocenters. The fraction of sp³-hybridized carbons (Fsp3) is 0.333. The molecule has 0 aliphatic rings. The number of nitrogens with one attached hydrogen (secondary N) is 1. The number of nitrogens with two attached hydrogens (primary N) is 1. The lowest BCUT2D eigenvalue weighted by Gasteiger charge is -2.17. The van der Waals surface area contributed by atoms with E-state index in [0.29, 0.717) is 0 Å². The number of aliphatic carboxylic acids is 1. The molecule has 104 valence electrons. The number of hydrogen-bond acceptors (Lipinski definition) is 4. The first kappa shape index (κ1) is 14.7. The summed E-state index contributed by atoms with van der Waals surface area (Å²) < 4.78 is 18.6. The first-order chi connectivity index (χ1) is 8.85. The van der Waals surface area contributed by atoms with Crippen LogP contribution in [0, 0.1) is 5.82 Å². The minimum absolute atomic E-state index is 0.0730. The number of benzene rings is 1. The van der Waals surface area contributed by atoms with Crippen LogP contribution < -0.4 is 15.8 Å². The first-order valence-electron chi connectivity index (χ1n) is 5.61. The van der Waals surface area contributed by atoms with Gasteiger partial charge in [0, 0.05) is 13.0 Å². The lowest BCUT2D eigenvalue weighted by Crippen LogP contribution is -2.26. The molecule has 0 saturated heterocycles. The van der Waals surface area contributed by atoms with Crippen LogP contribution in [0.4, 0.5) is 15.8 Å². The summed E-state index contributed by atoms with van der Waals surface area (Å²) in [4.78, 5) is 21.9. The van der Waals surface area contributed by atoms with Crippen LogP contribution in [0.15, 0.2) is 12.1 Å². The Bertz CT molecular complexity index is 505. The third kappa shape index (κ3) is 3.84. The lowest BCUT2D eigenvalue weighted by molar-refractivity contribution is -0.145. The molecule has 1 aromatic carbocycles. The number of anilines is 2. The van der Waals surface area contributed by atoms with Crippen molar-refractivity contribution in [2.45, 2.75) is 26.4 Å². The summed E-state index contributed by atoms with van der Waals surface area (Å²) in [5, 5.41) is 11.3. The molecular weight excluding hydrogens is 255 g/mol. The molecule has 0 spiro atoms. The number of carbonyl (C=O) groups excluding carboxylic acids is 1. The van der Waals surface area contributed by atoms with E-state index in [1.165, 1.54) is 13.0 Å². The molecule has 0 saturated carbocycles.